The molecule has 1 heterocycles. The number of benzene rings is 1. The zero-order valence-corrected chi connectivity index (χ0v) is 14.7. The van der Waals surface area contributed by atoms with Crippen LogP contribution in [0.3, 0.4) is 0 Å². The third-order valence-corrected chi connectivity index (χ3v) is 6.15. The van der Waals surface area contributed by atoms with E-state index in [-0.39, 0.29) is 12.1 Å². The van der Waals surface area contributed by atoms with E-state index >= 15 is 0 Å². The molecule has 3 rings (SSSR count). The third-order valence-electron chi connectivity index (χ3n) is 4.64. The van der Waals surface area contributed by atoms with Gasteiger partial charge in [-0.25, -0.2) is 13.1 Å². The number of sulfonamides is 1. The lowest BCUT2D eigenvalue weighted by atomic mass is 9.90. The van der Waals surface area contributed by atoms with Gasteiger partial charge in [-0.1, -0.05) is 31.0 Å². The molecular weight excluding hydrogens is 324 g/mol. The molecule has 0 radical (unpaired) electrons. The molecule has 0 unspecified atom stereocenters. The Balaban J connectivity index is 1.72. The van der Waals surface area contributed by atoms with Crippen LogP contribution in [0.2, 0.25) is 0 Å². The van der Waals surface area contributed by atoms with Gasteiger partial charge in [0.15, 0.2) is 0 Å². The molecule has 1 N–H and O–H groups in total. The predicted molar refractivity (Wildman–Crippen MR) is 93.0 cm³/mol. The third kappa shape index (κ3) is 4.06. The van der Waals surface area contributed by atoms with Gasteiger partial charge in [-0.3, -0.25) is 4.90 Å². The van der Waals surface area contributed by atoms with Crippen LogP contribution in [-0.4, -0.2) is 32.4 Å². The van der Waals surface area contributed by atoms with Gasteiger partial charge in [-0.15, -0.1) is 0 Å². The quantitative estimate of drug-likeness (QED) is 0.872. The Labute approximate surface area is 143 Å². The highest BCUT2D eigenvalue weighted by Crippen LogP contribution is 2.25. The van der Waals surface area contributed by atoms with Crippen molar-refractivity contribution in [3.05, 3.63) is 54.5 Å². The Morgan fingerprint density at radius 1 is 1.12 bits per heavy atom. The van der Waals surface area contributed by atoms with Crippen molar-refractivity contribution in [2.75, 3.05) is 7.05 Å². The van der Waals surface area contributed by atoms with Crippen molar-refractivity contribution in [2.24, 2.45) is 0 Å². The highest BCUT2D eigenvalue weighted by molar-refractivity contribution is 7.89. The molecule has 1 saturated carbocycles. The van der Waals surface area contributed by atoms with Crippen LogP contribution in [0.25, 0.3) is 0 Å². The fourth-order valence-electron chi connectivity index (χ4n) is 3.41. The lowest BCUT2D eigenvalue weighted by molar-refractivity contribution is 0.145. The molecule has 0 bridgehead atoms. The minimum absolute atomic E-state index is 0.0797. The molecule has 5 nitrogen and oxygen atoms in total. The summed E-state index contributed by atoms with van der Waals surface area (Å²) >= 11 is 0. The van der Waals surface area contributed by atoms with E-state index in [1.54, 1.807) is 30.5 Å². The molecule has 1 fully saturated rings. The Morgan fingerprint density at radius 2 is 1.88 bits per heavy atom. The second-order valence-electron chi connectivity index (χ2n) is 6.39. The second kappa shape index (κ2) is 7.51. The first-order valence-electron chi connectivity index (χ1n) is 8.36. The Morgan fingerprint density at radius 3 is 2.58 bits per heavy atom. The number of furan rings is 1. The van der Waals surface area contributed by atoms with E-state index in [9.17, 15) is 8.42 Å². The van der Waals surface area contributed by atoms with Crippen molar-refractivity contribution in [1.82, 2.24) is 9.62 Å². The Kier molecular flexibility index (Phi) is 5.38. The summed E-state index contributed by atoms with van der Waals surface area (Å²) in [6.07, 6.45) is 5.68. The molecule has 1 aromatic heterocycles. The average molecular weight is 348 g/mol. The highest BCUT2D eigenvalue weighted by atomic mass is 32.2. The average Bonchev–Trinajstić information content (AvgIpc) is 3.09. The monoisotopic (exact) mass is 348 g/mol. The molecule has 2 aromatic rings. The van der Waals surface area contributed by atoms with Gasteiger partial charge in [0, 0.05) is 12.1 Å². The molecule has 0 saturated heterocycles. The van der Waals surface area contributed by atoms with E-state index in [4.69, 9.17) is 4.42 Å². The first-order valence-corrected chi connectivity index (χ1v) is 9.84. The summed E-state index contributed by atoms with van der Waals surface area (Å²) in [7, 11) is -1.46. The van der Waals surface area contributed by atoms with E-state index in [2.05, 4.69) is 9.62 Å². The van der Waals surface area contributed by atoms with E-state index in [0.717, 1.165) is 31.4 Å². The van der Waals surface area contributed by atoms with Gasteiger partial charge in [-0.05, 0) is 44.2 Å². The van der Waals surface area contributed by atoms with Gasteiger partial charge in [0.05, 0.1) is 17.7 Å². The number of hydrogen-bond acceptors (Lipinski definition) is 4. The molecule has 1 aliphatic rings. The predicted octanol–water partition coefficient (Wildman–Crippen LogP) is 3.00. The van der Waals surface area contributed by atoms with Gasteiger partial charge in [0.25, 0.3) is 0 Å². The van der Waals surface area contributed by atoms with Crippen molar-refractivity contribution in [1.29, 1.82) is 0 Å². The van der Waals surface area contributed by atoms with Gasteiger partial charge in [0.1, 0.15) is 5.76 Å². The molecule has 1 aromatic carbocycles. The zero-order chi connectivity index (χ0) is 17.0. The molecule has 2 atom stereocenters. The van der Waals surface area contributed by atoms with Crippen molar-refractivity contribution in [2.45, 2.75) is 49.2 Å². The highest BCUT2D eigenvalue weighted by Gasteiger charge is 2.32. The second-order valence-corrected chi connectivity index (χ2v) is 8.10. The summed E-state index contributed by atoms with van der Waals surface area (Å²) in [5, 5.41) is 0. The van der Waals surface area contributed by atoms with Crippen molar-refractivity contribution in [3.63, 3.8) is 0 Å². The fourth-order valence-corrected chi connectivity index (χ4v) is 4.73. The van der Waals surface area contributed by atoms with E-state index in [0.29, 0.717) is 11.4 Å². The van der Waals surface area contributed by atoms with Crippen LogP contribution in [-0.2, 0) is 16.6 Å². The number of nitrogens with one attached hydrogen (secondary N) is 1. The number of likely N-dealkylation sites (N-methyl/N-ethyl adjacent to an activating group) is 1. The van der Waals surface area contributed by atoms with Gasteiger partial charge in [-0.2, -0.15) is 0 Å². The molecular formula is C18H24N2O3S. The van der Waals surface area contributed by atoms with E-state index < -0.39 is 10.0 Å². The molecule has 0 spiro atoms. The first kappa shape index (κ1) is 17.2. The van der Waals surface area contributed by atoms with Crippen molar-refractivity contribution < 1.29 is 12.8 Å². The zero-order valence-electron chi connectivity index (χ0n) is 13.9. The normalized spacial score (nSPS) is 21.9. The molecule has 0 aliphatic heterocycles. The fraction of sp³-hybridized carbons (Fsp3) is 0.444. The maximum Gasteiger partial charge on any atom is 0.240 e. The summed E-state index contributed by atoms with van der Waals surface area (Å²) in [6.45, 7) is 0.682. The van der Waals surface area contributed by atoms with Crippen LogP contribution < -0.4 is 4.72 Å². The van der Waals surface area contributed by atoms with Crippen molar-refractivity contribution >= 4 is 10.0 Å². The summed E-state index contributed by atoms with van der Waals surface area (Å²) in [4.78, 5) is 2.51. The summed E-state index contributed by atoms with van der Waals surface area (Å²) in [6, 6.07) is 12.5. The topological polar surface area (TPSA) is 62.6 Å². The summed E-state index contributed by atoms with van der Waals surface area (Å²) in [5.41, 5.74) is 0. The lowest BCUT2D eigenvalue weighted by Crippen LogP contribution is -2.51. The maximum atomic E-state index is 12.6. The van der Waals surface area contributed by atoms with Crippen LogP contribution >= 0.6 is 0 Å². The van der Waals surface area contributed by atoms with Crippen LogP contribution in [0, 0.1) is 0 Å². The smallest absolute Gasteiger partial charge is 0.240 e. The number of nitrogens with zero attached hydrogens (tertiary/aromatic N) is 1. The van der Waals surface area contributed by atoms with Crippen LogP contribution in [0.15, 0.2) is 58.0 Å². The van der Waals surface area contributed by atoms with Crippen LogP contribution in [0.1, 0.15) is 31.4 Å². The summed E-state index contributed by atoms with van der Waals surface area (Å²) in [5.74, 6) is 0.896. The van der Waals surface area contributed by atoms with Crippen LogP contribution in [0.4, 0.5) is 0 Å². The van der Waals surface area contributed by atoms with E-state index in [1.165, 1.54) is 0 Å². The molecule has 0 amide bonds. The molecule has 1 aliphatic carbocycles. The number of hydrogen-bond donors (Lipinski definition) is 1. The minimum Gasteiger partial charge on any atom is -0.468 e. The lowest BCUT2D eigenvalue weighted by Gasteiger charge is -2.37. The standard InChI is InChI=1S/C18H24N2O3S/c1-20(14-15-8-7-13-23-15)18-12-6-5-11-17(18)19-24(21,22)16-9-3-2-4-10-16/h2-4,7-10,13,17-19H,5-6,11-12,14H2,1H3/t17-,18-/m1/s1. The number of rotatable bonds is 6. The van der Waals surface area contributed by atoms with Gasteiger partial charge >= 0.3 is 0 Å². The van der Waals surface area contributed by atoms with Crippen LogP contribution in [0.5, 0.6) is 0 Å². The molecule has 6 heteroatoms. The largest absolute Gasteiger partial charge is 0.468 e. The Bertz CT molecular complexity index is 729. The van der Waals surface area contributed by atoms with Gasteiger partial charge in [0.2, 0.25) is 10.0 Å². The minimum atomic E-state index is -3.49. The van der Waals surface area contributed by atoms with Crippen molar-refractivity contribution in [3.8, 4) is 0 Å². The Hall–Kier alpha value is -1.63. The van der Waals surface area contributed by atoms with E-state index in [1.807, 2.05) is 25.2 Å². The van der Waals surface area contributed by atoms with Gasteiger partial charge < -0.3 is 4.42 Å². The summed E-state index contributed by atoms with van der Waals surface area (Å²) < 4.78 is 33.6. The SMILES string of the molecule is CN(Cc1ccco1)[C@@H]1CCCC[C@H]1NS(=O)(=O)c1ccccc1. The maximum absolute atomic E-state index is 12.6. The molecule has 24 heavy (non-hydrogen) atoms. The first-order chi connectivity index (χ1) is 11.6. The molecule has 130 valence electrons.